The lowest BCUT2D eigenvalue weighted by Gasteiger charge is -2.14. The third-order valence-electron chi connectivity index (χ3n) is 3.18. The average Bonchev–Trinajstić information content (AvgIpc) is 2.46. The Balaban J connectivity index is 2.13. The third kappa shape index (κ3) is 3.29. The summed E-state index contributed by atoms with van der Waals surface area (Å²) >= 11 is 0. The van der Waals surface area contributed by atoms with Crippen LogP contribution in [-0.2, 0) is 6.61 Å². The van der Waals surface area contributed by atoms with Gasteiger partial charge >= 0.3 is 0 Å². The van der Waals surface area contributed by atoms with E-state index >= 15 is 0 Å². The highest BCUT2D eigenvalue weighted by molar-refractivity contribution is 5.36. The summed E-state index contributed by atoms with van der Waals surface area (Å²) in [4.78, 5) is 0. The van der Waals surface area contributed by atoms with E-state index < -0.39 is 0 Å². The van der Waals surface area contributed by atoms with Crippen LogP contribution in [0.15, 0.2) is 42.5 Å². The fourth-order valence-electron chi connectivity index (χ4n) is 2.02. The van der Waals surface area contributed by atoms with E-state index in [4.69, 9.17) is 9.47 Å². The van der Waals surface area contributed by atoms with Crippen molar-refractivity contribution in [2.75, 3.05) is 7.11 Å². The standard InChI is InChI=1S/C17H19FO2/c1-12(2)15-6-4-5-7-17(15)20-11-13-8-9-14(19-3)10-16(13)18/h4-10,12H,11H2,1-3H3. The third-order valence-corrected chi connectivity index (χ3v) is 3.18. The van der Waals surface area contributed by atoms with Crippen LogP contribution in [0, 0.1) is 5.82 Å². The average molecular weight is 274 g/mol. The Hall–Kier alpha value is -2.03. The molecule has 20 heavy (non-hydrogen) atoms. The zero-order chi connectivity index (χ0) is 14.5. The van der Waals surface area contributed by atoms with Crippen LogP contribution in [0.2, 0.25) is 0 Å². The van der Waals surface area contributed by atoms with E-state index in [0.29, 0.717) is 17.2 Å². The monoisotopic (exact) mass is 274 g/mol. The first-order chi connectivity index (χ1) is 9.61. The van der Waals surface area contributed by atoms with Crippen LogP contribution < -0.4 is 9.47 Å². The molecule has 2 aromatic rings. The zero-order valence-electron chi connectivity index (χ0n) is 12.0. The molecule has 0 aliphatic carbocycles. The minimum absolute atomic E-state index is 0.208. The van der Waals surface area contributed by atoms with Gasteiger partial charge in [-0.2, -0.15) is 0 Å². The van der Waals surface area contributed by atoms with Crippen LogP contribution in [-0.4, -0.2) is 7.11 Å². The van der Waals surface area contributed by atoms with Gasteiger partial charge in [-0.05, 0) is 29.7 Å². The van der Waals surface area contributed by atoms with E-state index in [-0.39, 0.29) is 12.4 Å². The maximum Gasteiger partial charge on any atom is 0.133 e. The highest BCUT2D eigenvalue weighted by Crippen LogP contribution is 2.27. The van der Waals surface area contributed by atoms with Crippen LogP contribution in [0.4, 0.5) is 4.39 Å². The smallest absolute Gasteiger partial charge is 0.133 e. The highest BCUT2D eigenvalue weighted by atomic mass is 19.1. The molecule has 0 saturated carbocycles. The SMILES string of the molecule is COc1ccc(COc2ccccc2C(C)C)c(F)c1. The van der Waals surface area contributed by atoms with Gasteiger partial charge in [0.25, 0.3) is 0 Å². The summed E-state index contributed by atoms with van der Waals surface area (Å²) in [5, 5.41) is 0. The Labute approximate surface area is 119 Å². The lowest BCUT2D eigenvalue weighted by atomic mass is 10.0. The van der Waals surface area contributed by atoms with Crippen LogP contribution in [0.3, 0.4) is 0 Å². The molecule has 0 saturated heterocycles. The number of halogens is 1. The number of benzene rings is 2. The Kier molecular flexibility index (Phi) is 4.61. The number of hydrogen-bond donors (Lipinski definition) is 0. The Morgan fingerprint density at radius 2 is 1.85 bits per heavy atom. The summed E-state index contributed by atoms with van der Waals surface area (Å²) in [6, 6.07) is 12.6. The quantitative estimate of drug-likeness (QED) is 0.797. The van der Waals surface area contributed by atoms with Crippen molar-refractivity contribution >= 4 is 0 Å². The van der Waals surface area contributed by atoms with Crippen LogP contribution >= 0.6 is 0 Å². The van der Waals surface area contributed by atoms with Crippen LogP contribution in [0.1, 0.15) is 30.9 Å². The number of hydrogen-bond acceptors (Lipinski definition) is 2. The highest BCUT2D eigenvalue weighted by Gasteiger charge is 2.09. The fourth-order valence-corrected chi connectivity index (χ4v) is 2.02. The van der Waals surface area contributed by atoms with Crippen molar-refractivity contribution in [1.29, 1.82) is 0 Å². The number of ether oxygens (including phenoxy) is 2. The first kappa shape index (κ1) is 14.4. The summed E-state index contributed by atoms with van der Waals surface area (Å²) in [7, 11) is 1.52. The first-order valence-electron chi connectivity index (χ1n) is 6.66. The number of para-hydroxylation sites is 1. The van der Waals surface area contributed by atoms with Crippen molar-refractivity contribution in [3.05, 3.63) is 59.4 Å². The molecule has 0 aliphatic heterocycles. The summed E-state index contributed by atoms with van der Waals surface area (Å²) < 4.78 is 24.6. The molecule has 2 rings (SSSR count). The van der Waals surface area contributed by atoms with Gasteiger partial charge in [-0.25, -0.2) is 4.39 Å². The van der Waals surface area contributed by atoms with Crippen molar-refractivity contribution in [3.8, 4) is 11.5 Å². The Bertz CT molecular complexity index is 579. The largest absolute Gasteiger partial charge is 0.497 e. The van der Waals surface area contributed by atoms with Gasteiger partial charge in [-0.1, -0.05) is 32.0 Å². The van der Waals surface area contributed by atoms with E-state index in [9.17, 15) is 4.39 Å². The molecule has 0 aliphatic rings. The minimum atomic E-state index is -0.314. The van der Waals surface area contributed by atoms with Crippen molar-refractivity contribution in [1.82, 2.24) is 0 Å². The molecular formula is C17H19FO2. The van der Waals surface area contributed by atoms with E-state index in [2.05, 4.69) is 13.8 Å². The number of rotatable bonds is 5. The molecular weight excluding hydrogens is 255 g/mol. The van der Waals surface area contributed by atoms with Crippen molar-refractivity contribution < 1.29 is 13.9 Å². The molecule has 0 bridgehead atoms. The molecule has 0 N–H and O–H groups in total. The van der Waals surface area contributed by atoms with E-state index in [1.165, 1.54) is 13.2 Å². The predicted octanol–water partition coefficient (Wildman–Crippen LogP) is 4.54. The molecule has 2 aromatic carbocycles. The van der Waals surface area contributed by atoms with Crippen molar-refractivity contribution in [2.45, 2.75) is 26.4 Å². The molecule has 2 nitrogen and oxygen atoms in total. The van der Waals surface area contributed by atoms with E-state index in [1.54, 1.807) is 12.1 Å². The molecule has 0 atom stereocenters. The zero-order valence-corrected chi connectivity index (χ0v) is 12.0. The molecule has 0 aromatic heterocycles. The summed E-state index contributed by atoms with van der Waals surface area (Å²) in [6.45, 7) is 4.42. The second kappa shape index (κ2) is 6.42. The lowest BCUT2D eigenvalue weighted by Crippen LogP contribution is -2.02. The lowest BCUT2D eigenvalue weighted by molar-refractivity contribution is 0.295. The van der Waals surface area contributed by atoms with Gasteiger partial charge in [0.1, 0.15) is 23.9 Å². The van der Waals surface area contributed by atoms with Gasteiger partial charge in [0.05, 0.1) is 7.11 Å². The van der Waals surface area contributed by atoms with Gasteiger partial charge in [0.2, 0.25) is 0 Å². The summed E-state index contributed by atoms with van der Waals surface area (Å²) in [6.07, 6.45) is 0. The maximum absolute atomic E-state index is 13.8. The normalized spacial score (nSPS) is 10.7. The molecule has 0 radical (unpaired) electrons. The van der Waals surface area contributed by atoms with E-state index in [0.717, 1.165) is 11.3 Å². The Morgan fingerprint density at radius 3 is 2.50 bits per heavy atom. The van der Waals surface area contributed by atoms with Gasteiger partial charge in [0.15, 0.2) is 0 Å². The van der Waals surface area contributed by atoms with Crippen molar-refractivity contribution in [3.63, 3.8) is 0 Å². The molecule has 0 fully saturated rings. The van der Waals surface area contributed by atoms with Gasteiger partial charge in [0, 0.05) is 11.6 Å². The summed E-state index contributed by atoms with van der Waals surface area (Å²) in [5.74, 6) is 1.37. The second-order valence-electron chi connectivity index (χ2n) is 4.94. The van der Waals surface area contributed by atoms with Gasteiger partial charge in [-0.3, -0.25) is 0 Å². The predicted molar refractivity (Wildman–Crippen MR) is 77.8 cm³/mol. The topological polar surface area (TPSA) is 18.5 Å². The van der Waals surface area contributed by atoms with E-state index in [1.807, 2.05) is 24.3 Å². The summed E-state index contributed by atoms with van der Waals surface area (Å²) in [5.41, 5.74) is 1.64. The van der Waals surface area contributed by atoms with Gasteiger partial charge < -0.3 is 9.47 Å². The van der Waals surface area contributed by atoms with Crippen LogP contribution in [0.5, 0.6) is 11.5 Å². The fraction of sp³-hybridized carbons (Fsp3) is 0.294. The Morgan fingerprint density at radius 1 is 1.10 bits per heavy atom. The van der Waals surface area contributed by atoms with Gasteiger partial charge in [-0.15, -0.1) is 0 Å². The number of methoxy groups -OCH3 is 1. The van der Waals surface area contributed by atoms with Crippen LogP contribution in [0.25, 0.3) is 0 Å². The first-order valence-corrected chi connectivity index (χ1v) is 6.66. The second-order valence-corrected chi connectivity index (χ2v) is 4.94. The minimum Gasteiger partial charge on any atom is -0.497 e. The molecule has 0 spiro atoms. The molecule has 106 valence electrons. The molecule has 0 unspecified atom stereocenters. The maximum atomic E-state index is 13.8. The van der Waals surface area contributed by atoms with Crippen molar-refractivity contribution in [2.24, 2.45) is 0 Å². The molecule has 3 heteroatoms. The molecule has 0 heterocycles. The molecule has 0 amide bonds.